The Morgan fingerprint density at radius 3 is 2.80 bits per heavy atom. The van der Waals surface area contributed by atoms with Crippen LogP contribution in [-0.2, 0) is 17.6 Å². The third kappa shape index (κ3) is 2.40. The van der Waals surface area contributed by atoms with Gasteiger partial charge in [0, 0.05) is 4.88 Å². The number of thiophene rings is 1. The molecule has 0 atom stereocenters. The second kappa shape index (κ2) is 4.77. The van der Waals surface area contributed by atoms with Gasteiger partial charge in [0.1, 0.15) is 11.6 Å². The highest BCUT2D eigenvalue weighted by Gasteiger charge is 2.32. The van der Waals surface area contributed by atoms with Crippen LogP contribution in [0, 0.1) is 0 Å². The topological polar surface area (TPSA) is 70.9 Å². The van der Waals surface area contributed by atoms with Gasteiger partial charge >= 0.3 is 6.09 Å². The summed E-state index contributed by atoms with van der Waals surface area (Å²) in [5.41, 5.74) is 1.86. The molecule has 2 heterocycles. The number of ether oxygens (including phenoxy) is 1. The molecule has 0 unspecified atom stereocenters. The van der Waals surface area contributed by atoms with E-state index in [9.17, 15) is 4.79 Å². The number of fused-ring (bicyclic) bond motifs is 1. The zero-order valence-electron chi connectivity index (χ0n) is 11.7. The van der Waals surface area contributed by atoms with Gasteiger partial charge in [0.25, 0.3) is 0 Å². The van der Waals surface area contributed by atoms with Crippen molar-refractivity contribution in [1.82, 2.24) is 0 Å². The van der Waals surface area contributed by atoms with E-state index in [1.54, 1.807) is 0 Å². The van der Waals surface area contributed by atoms with Crippen molar-refractivity contribution >= 4 is 28.3 Å². The quantitative estimate of drug-likeness (QED) is 0.879. The van der Waals surface area contributed by atoms with Crippen LogP contribution in [0.3, 0.4) is 0 Å². The molecular formula is C14H18N2O3S. The van der Waals surface area contributed by atoms with Crippen LogP contribution in [0.1, 0.15) is 42.7 Å². The number of nitrogens with zero attached hydrogens (tertiary/aromatic N) is 1. The van der Waals surface area contributed by atoms with Crippen molar-refractivity contribution in [3.8, 4) is 0 Å². The van der Waals surface area contributed by atoms with Gasteiger partial charge in [0.05, 0.1) is 11.1 Å². The van der Waals surface area contributed by atoms with Crippen molar-refractivity contribution < 1.29 is 14.6 Å². The monoisotopic (exact) mass is 294 g/mol. The molecule has 20 heavy (non-hydrogen) atoms. The summed E-state index contributed by atoms with van der Waals surface area (Å²) in [7, 11) is 0. The van der Waals surface area contributed by atoms with E-state index in [0.29, 0.717) is 17.5 Å². The van der Waals surface area contributed by atoms with Crippen LogP contribution in [0.2, 0.25) is 0 Å². The number of hydrogen-bond donors (Lipinski definition) is 2. The lowest BCUT2D eigenvalue weighted by Gasteiger charge is -2.12. The van der Waals surface area contributed by atoms with E-state index in [0.717, 1.165) is 31.2 Å². The van der Waals surface area contributed by atoms with Crippen LogP contribution >= 0.6 is 11.3 Å². The van der Waals surface area contributed by atoms with Crippen LogP contribution in [0.15, 0.2) is 4.99 Å². The van der Waals surface area contributed by atoms with E-state index in [1.165, 1.54) is 21.8 Å². The first-order valence-electron chi connectivity index (χ1n) is 6.84. The average molecular weight is 294 g/mol. The summed E-state index contributed by atoms with van der Waals surface area (Å²) < 4.78 is 5.72. The fourth-order valence-electron chi connectivity index (χ4n) is 2.69. The molecule has 5 nitrogen and oxygen atoms in total. The Bertz CT molecular complexity index is 589. The first-order valence-corrected chi connectivity index (χ1v) is 7.65. The first-order chi connectivity index (χ1) is 9.46. The molecule has 0 saturated carbocycles. The molecule has 1 amide bonds. The maximum absolute atomic E-state index is 11.0. The van der Waals surface area contributed by atoms with Crippen LogP contribution in [0.5, 0.6) is 0 Å². The van der Waals surface area contributed by atoms with Gasteiger partial charge in [-0.2, -0.15) is 0 Å². The highest BCUT2D eigenvalue weighted by Crippen LogP contribution is 2.40. The minimum Gasteiger partial charge on any atom is -0.475 e. The van der Waals surface area contributed by atoms with E-state index in [2.05, 4.69) is 10.3 Å². The molecule has 1 aliphatic heterocycles. The van der Waals surface area contributed by atoms with Crippen LogP contribution in [-0.4, -0.2) is 29.2 Å². The highest BCUT2D eigenvalue weighted by molar-refractivity contribution is 7.17. The maximum atomic E-state index is 11.0. The first kappa shape index (κ1) is 13.4. The predicted molar refractivity (Wildman–Crippen MR) is 79.2 cm³/mol. The smallest absolute Gasteiger partial charge is 0.409 e. The molecule has 0 radical (unpaired) electrons. The Balaban J connectivity index is 2.07. The Labute approximate surface area is 121 Å². The van der Waals surface area contributed by atoms with Gasteiger partial charge in [0.15, 0.2) is 0 Å². The fourth-order valence-corrected chi connectivity index (χ4v) is 3.96. The van der Waals surface area contributed by atoms with Crippen LogP contribution in [0.25, 0.3) is 0 Å². The summed E-state index contributed by atoms with van der Waals surface area (Å²) >= 11 is 1.52. The number of amides is 1. The van der Waals surface area contributed by atoms with Crippen molar-refractivity contribution in [1.29, 1.82) is 0 Å². The lowest BCUT2D eigenvalue weighted by Crippen LogP contribution is -2.17. The maximum Gasteiger partial charge on any atom is 0.409 e. The lowest BCUT2D eigenvalue weighted by molar-refractivity contribution is 0.210. The van der Waals surface area contributed by atoms with E-state index in [4.69, 9.17) is 9.84 Å². The average Bonchev–Trinajstić information content (AvgIpc) is 2.88. The van der Waals surface area contributed by atoms with Gasteiger partial charge in [-0.3, -0.25) is 5.32 Å². The molecule has 1 aromatic heterocycles. The van der Waals surface area contributed by atoms with E-state index >= 15 is 0 Å². The van der Waals surface area contributed by atoms with Crippen LogP contribution < -0.4 is 5.32 Å². The van der Waals surface area contributed by atoms with E-state index in [-0.39, 0.29) is 5.54 Å². The Kier molecular flexibility index (Phi) is 3.20. The molecule has 108 valence electrons. The number of aryl methyl sites for hydroxylation is 1. The van der Waals surface area contributed by atoms with E-state index < -0.39 is 6.09 Å². The molecule has 2 aliphatic rings. The second-order valence-electron chi connectivity index (χ2n) is 5.86. The Hall–Kier alpha value is -1.56. The molecule has 1 aromatic rings. The lowest BCUT2D eigenvalue weighted by atomic mass is 9.95. The summed E-state index contributed by atoms with van der Waals surface area (Å²) in [5, 5.41) is 12.2. The molecule has 2 N–H and O–H groups in total. The van der Waals surface area contributed by atoms with Gasteiger partial charge in [0.2, 0.25) is 5.90 Å². The summed E-state index contributed by atoms with van der Waals surface area (Å²) in [6.07, 6.45) is 3.26. The Morgan fingerprint density at radius 1 is 1.40 bits per heavy atom. The summed E-state index contributed by atoms with van der Waals surface area (Å²) in [6, 6.07) is 0. The normalized spacial score (nSPS) is 20.0. The molecule has 0 saturated heterocycles. The van der Waals surface area contributed by atoms with E-state index in [1.807, 2.05) is 13.8 Å². The number of hydrogen-bond acceptors (Lipinski definition) is 4. The number of carboxylic acid groups (broad SMARTS) is 1. The minimum absolute atomic E-state index is 0.237. The largest absolute Gasteiger partial charge is 0.475 e. The second-order valence-corrected chi connectivity index (χ2v) is 6.97. The predicted octanol–water partition coefficient (Wildman–Crippen LogP) is 3.27. The number of carbonyl (C=O) groups is 1. The van der Waals surface area contributed by atoms with Crippen molar-refractivity contribution in [3.63, 3.8) is 0 Å². The third-order valence-electron chi connectivity index (χ3n) is 3.57. The van der Waals surface area contributed by atoms with Gasteiger partial charge in [-0.15, -0.1) is 11.3 Å². The number of aliphatic imine (C=N–C) groups is 1. The van der Waals surface area contributed by atoms with Crippen molar-refractivity contribution in [3.05, 3.63) is 16.0 Å². The van der Waals surface area contributed by atoms with Crippen molar-refractivity contribution in [2.45, 2.75) is 45.1 Å². The third-order valence-corrected chi connectivity index (χ3v) is 4.78. The van der Waals surface area contributed by atoms with Crippen molar-refractivity contribution in [2.24, 2.45) is 4.99 Å². The fraction of sp³-hybridized carbons (Fsp3) is 0.571. The van der Waals surface area contributed by atoms with Gasteiger partial charge in [-0.1, -0.05) is 0 Å². The molecule has 6 heteroatoms. The highest BCUT2D eigenvalue weighted by atomic mass is 32.1. The van der Waals surface area contributed by atoms with Crippen LogP contribution in [0.4, 0.5) is 9.80 Å². The SMILES string of the molecule is CC1(C)COC(c2c(NC(=O)O)sc3c2CCCC3)=N1. The summed E-state index contributed by atoms with van der Waals surface area (Å²) in [5.74, 6) is 0.596. The molecule has 3 rings (SSSR count). The zero-order chi connectivity index (χ0) is 14.3. The van der Waals surface area contributed by atoms with Gasteiger partial charge < -0.3 is 9.84 Å². The summed E-state index contributed by atoms with van der Waals surface area (Å²) in [6.45, 7) is 4.58. The van der Waals surface area contributed by atoms with Crippen molar-refractivity contribution in [2.75, 3.05) is 11.9 Å². The Morgan fingerprint density at radius 2 is 2.15 bits per heavy atom. The molecule has 0 aromatic carbocycles. The molecule has 0 spiro atoms. The minimum atomic E-state index is -1.04. The molecule has 0 bridgehead atoms. The molecular weight excluding hydrogens is 276 g/mol. The van der Waals surface area contributed by atoms with Gasteiger partial charge in [-0.05, 0) is 45.1 Å². The standard InChI is InChI=1S/C14H18N2O3S/c1-14(2)7-19-11(16-14)10-8-5-3-4-6-9(8)20-12(10)15-13(17)18/h15H,3-7H2,1-2H3,(H,17,18). The zero-order valence-corrected chi connectivity index (χ0v) is 12.5. The number of nitrogens with one attached hydrogen (secondary N) is 1. The number of anilines is 1. The van der Waals surface area contributed by atoms with Gasteiger partial charge in [-0.25, -0.2) is 9.79 Å². The molecule has 0 fully saturated rings. The number of rotatable bonds is 2. The summed E-state index contributed by atoms with van der Waals surface area (Å²) in [4.78, 5) is 16.9. The molecule has 1 aliphatic carbocycles.